The lowest BCUT2D eigenvalue weighted by molar-refractivity contribution is 0.109. The van der Waals surface area contributed by atoms with Crippen LogP contribution >= 0.6 is 0 Å². The van der Waals surface area contributed by atoms with Gasteiger partial charge in [0.2, 0.25) is 0 Å². The predicted octanol–water partition coefficient (Wildman–Crippen LogP) is 2.42. The first kappa shape index (κ1) is 20.7. The molecule has 1 aliphatic rings. The number of aliphatic imine (C=N–C) groups is 1. The highest BCUT2D eigenvalue weighted by atomic mass is 15.3. The number of rotatable bonds is 7. The third-order valence-corrected chi connectivity index (χ3v) is 5.22. The maximum absolute atomic E-state index is 4.92. The van der Waals surface area contributed by atoms with Gasteiger partial charge in [-0.3, -0.25) is 9.89 Å². The van der Waals surface area contributed by atoms with Gasteiger partial charge in [-0.15, -0.1) is 0 Å². The van der Waals surface area contributed by atoms with Crippen LogP contribution in [-0.4, -0.2) is 79.6 Å². The average Bonchev–Trinajstić information content (AvgIpc) is 2.66. The smallest absolute Gasteiger partial charge is 0.194 e. The molecule has 5 heteroatoms. The minimum absolute atomic E-state index is 0.482. The fourth-order valence-electron chi connectivity index (χ4n) is 3.37. The summed E-state index contributed by atoms with van der Waals surface area (Å²) >= 11 is 0. The van der Waals surface area contributed by atoms with Crippen molar-refractivity contribution in [3.63, 3.8) is 0 Å². The van der Waals surface area contributed by atoms with Crippen LogP contribution in [0.1, 0.15) is 31.9 Å². The Morgan fingerprint density at radius 1 is 1.15 bits per heavy atom. The standard InChI is InChI=1S/C21H37N5/c1-6-22-21(24(5)17-20-10-8-18(3)9-11-20)23-16-19(4)26-14-12-25(7-2)13-15-26/h8-11,19H,6-7,12-17H2,1-5H3,(H,22,23). The second-order valence-electron chi connectivity index (χ2n) is 7.36. The number of likely N-dealkylation sites (N-methyl/N-ethyl adjacent to an activating group) is 1. The molecule has 146 valence electrons. The van der Waals surface area contributed by atoms with Crippen LogP contribution in [0.25, 0.3) is 0 Å². The number of hydrogen-bond donors (Lipinski definition) is 1. The summed E-state index contributed by atoms with van der Waals surface area (Å²) in [5, 5.41) is 3.44. The maximum atomic E-state index is 4.92. The van der Waals surface area contributed by atoms with Crippen molar-refractivity contribution >= 4 is 5.96 Å². The number of hydrogen-bond acceptors (Lipinski definition) is 3. The molecule has 0 aromatic heterocycles. The van der Waals surface area contributed by atoms with Crippen molar-refractivity contribution in [2.45, 2.75) is 40.3 Å². The van der Waals surface area contributed by atoms with E-state index in [2.05, 4.69) is 79.0 Å². The highest BCUT2D eigenvalue weighted by molar-refractivity contribution is 5.79. The van der Waals surface area contributed by atoms with Crippen LogP contribution in [0.2, 0.25) is 0 Å². The third-order valence-electron chi connectivity index (χ3n) is 5.22. The zero-order valence-electron chi connectivity index (χ0n) is 17.3. The molecule has 5 nitrogen and oxygen atoms in total. The van der Waals surface area contributed by atoms with E-state index in [9.17, 15) is 0 Å². The molecule has 0 bridgehead atoms. The summed E-state index contributed by atoms with van der Waals surface area (Å²) in [7, 11) is 2.12. The zero-order valence-corrected chi connectivity index (χ0v) is 17.3. The summed E-state index contributed by atoms with van der Waals surface area (Å²) < 4.78 is 0. The van der Waals surface area contributed by atoms with E-state index in [1.807, 2.05) is 0 Å². The number of aryl methyl sites for hydroxylation is 1. The van der Waals surface area contributed by atoms with Crippen molar-refractivity contribution < 1.29 is 0 Å². The first-order valence-corrected chi connectivity index (χ1v) is 10.0. The minimum Gasteiger partial charge on any atom is -0.357 e. The van der Waals surface area contributed by atoms with Gasteiger partial charge in [-0.25, -0.2) is 0 Å². The highest BCUT2D eigenvalue weighted by Crippen LogP contribution is 2.08. The van der Waals surface area contributed by atoms with E-state index in [1.54, 1.807) is 0 Å². The third kappa shape index (κ3) is 6.29. The van der Waals surface area contributed by atoms with Crippen LogP contribution in [0.5, 0.6) is 0 Å². The predicted molar refractivity (Wildman–Crippen MR) is 112 cm³/mol. The second-order valence-corrected chi connectivity index (χ2v) is 7.36. The minimum atomic E-state index is 0.482. The fraction of sp³-hybridized carbons (Fsp3) is 0.667. The molecule has 1 fully saturated rings. The molecule has 0 amide bonds. The molecule has 1 heterocycles. The van der Waals surface area contributed by atoms with E-state index >= 15 is 0 Å². The molecule has 0 spiro atoms. The Labute approximate surface area is 160 Å². The molecule has 0 radical (unpaired) electrons. The number of benzene rings is 1. The van der Waals surface area contributed by atoms with Gasteiger partial charge >= 0.3 is 0 Å². The van der Waals surface area contributed by atoms with Gasteiger partial charge in [0.05, 0.1) is 6.54 Å². The lowest BCUT2D eigenvalue weighted by Gasteiger charge is -2.37. The SMILES string of the molecule is CCNC(=NCC(C)N1CCN(CC)CC1)N(C)Cc1ccc(C)cc1. The van der Waals surface area contributed by atoms with Gasteiger partial charge in [-0.05, 0) is 32.9 Å². The molecule has 1 aromatic carbocycles. The Morgan fingerprint density at radius 3 is 2.38 bits per heavy atom. The topological polar surface area (TPSA) is 34.1 Å². The molecular weight excluding hydrogens is 322 g/mol. The van der Waals surface area contributed by atoms with E-state index in [0.717, 1.165) is 45.2 Å². The molecule has 0 aliphatic carbocycles. The molecule has 26 heavy (non-hydrogen) atoms. The van der Waals surface area contributed by atoms with Gasteiger partial charge in [-0.1, -0.05) is 36.8 Å². The largest absolute Gasteiger partial charge is 0.357 e. The number of piperazine rings is 1. The van der Waals surface area contributed by atoms with Crippen LogP contribution < -0.4 is 5.32 Å². The van der Waals surface area contributed by atoms with Gasteiger partial charge in [0.15, 0.2) is 5.96 Å². The van der Waals surface area contributed by atoms with Gasteiger partial charge in [0.25, 0.3) is 0 Å². The molecule has 1 N–H and O–H groups in total. The Kier molecular flexibility index (Phi) is 8.39. The van der Waals surface area contributed by atoms with Crippen molar-refractivity contribution in [3.8, 4) is 0 Å². The first-order chi connectivity index (χ1) is 12.5. The maximum Gasteiger partial charge on any atom is 0.194 e. The molecule has 0 saturated carbocycles. The summed E-state index contributed by atoms with van der Waals surface area (Å²) in [5.41, 5.74) is 2.61. The molecule has 1 aromatic rings. The van der Waals surface area contributed by atoms with Crippen LogP contribution in [0.4, 0.5) is 0 Å². The summed E-state index contributed by atoms with van der Waals surface area (Å²) in [6.07, 6.45) is 0. The Hall–Kier alpha value is -1.59. The Bertz CT molecular complexity index is 546. The van der Waals surface area contributed by atoms with Gasteiger partial charge < -0.3 is 15.1 Å². The van der Waals surface area contributed by atoms with Crippen molar-refractivity contribution in [1.29, 1.82) is 0 Å². The van der Waals surface area contributed by atoms with E-state index in [-0.39, 0.29) is 0 Å². The van der Waals surface area contributed by atoms with Gasteiger partial charge in [-0.2, -0.15) is 0 Å². The molecule has 1 saturated heterocycles. The highest BCUT2D eigenvalue weighted by Gasteiger charge is 2.20. The van der Waals surface area contributed by atoms with Gasteiger partial charge in [0, 0.05) is 52.4 Å². The van der Waals surface area contributed by atoms with E-state index in [0.29, 0.717) is 6.04 Å². The van der Waals surface area contributed by atoms with E-state index in [1.165, 1.54) is 24.2 Å². The number of guanidine groups is 1. The summed E-state index contributed by atoms with van der Waals surface area (Å²) in [4.78, 5) is 12.2. The van der Waals surface area contributed by atoms with Crippen molar-refractivity contribution in [1.82, 2.24) is 20.0 Å². The van der Waals surface area contributed by atoms with Gasteiger partial charge in [0.1, 0.15) is 0 Å². The van der Waals surface area contributed by atoms with E-state index < -0.39 is 0 Å². The lowest BCUT2D eigenvalue weighted by atomic mass is 10.1. The molecular formula is C21H37N5. The second kappa shape index (κ2) is 10.5. The molecule has 1 unspecified atom stereocenters. The summed E-state index contributed by atoms with van der Waals surface area (Å²) in [5.74, 6) is 0.993. The molecule has 1 atom stereocenters. The van der Waals surface area contributed by atoms with Crippen LogP contribution in [0.3, 0.4) is 0 Å². The zero-order chi connectivity index (χ0) is 18.9. The normalized spacial score (nSPS) is 18.0. The van der Waals surface area contributed by atoms with Crippen molar-refractivity contribution in [2.24, 2.45) is 4.99 Å². The summed E-state index contributed by atoms with van der Waals surface area (Å²) in [6, 6.07) is 9.22. The Morgan fingerprint density at radius 2 is 1.81 bits per heavy atom. The number of nitrogens with zero attached hydrogens (tertiary/aromatic N) is 4. The van der Waals surface area contributed by atoms with Crippen molar-refractivity contribution in [2.75, 3.05) is 52.9 Å². The number of nitrogens with one attached hydrogen (secondary N) is 1. The fourth-order valence-corrected chi connectivity index (χ4v) is 3.37. The van der Waals surface area contributed by atoms with Crippen molar-refractivity contribution in [3.05, 3.63) is 35.4 Å². The monoisotopic (exact) mass is 359 g/mol. The summed E-state index contributed by atoms with van der Waals surface area (Å²) in [6.45, 7) is 17.2. The first-order valence-electron chi connectivity index (χ1n) is 10.0. The van der Waals surface area contributed by atoms with Crippen LogP contribution in [0.15, 0.2) is 29.3 Å². The van der Waals surface area contributed by atoms with E-state index in [4.69, 9.17) is 4.99 Å². The lowest BCUT2D eigenvalue weighted by Crippen LogP contribution is -2.50. The quantitative estimate of drug-likeness (QED) is 0.599. The molecule has 2 rings (SSSR count). The van der Waals surface area contributed by atoms with Crippen LogP contribution in [-0.2, 0) is 6.54 Å². The molecule has 1 aliphatic heterocycles. The van der Waals surface area contributed by atoms with Crippen LogP contribution in [0, 0.1) is 6.92 Å². The average molecular weight is 360 g/mol. The Balaban J connectivity index is 1.91.